The third-order valence-corrected chi connectivity index (χ3v) is 6.65. The van der Waals surface area contributed by atoms with Crippen molar-refractivity contribution in [3.63, 3.8) is 0 Å². The van der Waals surface area contributed by atoms with Crippen molar-refractivity contribution in [2.24, 2.45) is 4.99 Å². The highest BCUT2D eigenvalue weighted by atomic mass is 32.2. The van der Waals surface area contributed by atoms with Crippen molar-refractivity contribution in [2.45, 2.75) is 11.3 Å². The second-order valence-electron chi connectivity index (χ2n) is 7.04. The molecule has 3 aliphatic heterocycles. The number of rotatable bonds is 2. The standard InChI is InChI=1S/C20H19N5O2S/c1-23-18(27)24(2)20(15-11-7-4-8-12-15)19(23,14-9-5-3-6-10-14)21-17-25(22-20)16(26)13-28-17/h3-12,22H,13H2,1-2H3/t19-,20+/m1/s1. The van der Waals surface area contributed by atoms with E-state index in [-0.39, 0.29) is 11.9 Å². The zero-order chi connectivity index (χ0) is 19.5. The Hall–Kier alpha value is -2.84. The predicted octanol–water partition coefficient (Wildman–Crippen LogP) is 2.14. The van der Waals surface area contributed by atoms with Crippen molar-refractivity contribution in [3.8, 4) is 0 Å². The fraction of sp³-hybridized carbons (Fsp3) is 0.250. The molecule has 0 aromatic heterocycles. The van der Waals surface area contributed by atoms with Gasteiger partial charge in [-0.05, 0) is 5.56 Å². The number of urea groups is 1. The molecule has 2 fully saturated rings. The van der Waals surface area contributed by atoms with E-state index in [2.05, 4.69) is 5.43 Å². The van der Waals surface area contributed by atoms with Gasteiger partial charge in [0.2, 0.25) is 5.66 Å². The molecule has 2 aromatic rings. The topological polar surface area (TPSA) is 68.2 Å². The molecule has 3 heterocycles. The normalized spacial score (nSPS) is 29.1. The third kappa shape index (κ3) is 1.91. The van der Waals surface area contributed by atoms with Crippen molar-refractivity contribution >= 4 is 28.9 Å². The van der Waals surface area contributed by atoms with Crippen LogP contribution in [0.2, 0.25) is 0 Å². The van der Waals surface area contributed by atoms with Crippen LogP contribution in [0, 0.1) is 0 Å². The maximum absolute atomic E-state index is 13.3. The quantitative estimate of drug-likeness (QED) is 0.849. The maximum atomic E-state index is 13.3. The highest BCUT2D eigenvalue weighted by molar-refractivity contribution is 8.15. The van der Waals surface area contributed by atoms with E-state index >= 15 is 0 Å². The Bertz CT molecular complexity index is 998. The van der Waals surface area contributed by atoms with Crippen LogP contribution in [0.1, 0.15) is 11.1 Å². The van der Waals surface area contributed by atoms with Gasteiger partial charge in [0, 0.05) is 19.7 Å². The first-order chi connectivity index (χ1) is 13.5. The Morgan fingerprint density at radius 3 is 2.18 bits per heavy atom. The first-order valence-corrected chi connectivity index (χ1v) is 9.97. The molecule has 3 amide bonds. The number of nitrogens with one attached hydrogen (secondary N) is 1. The fourth-order valence-corrected chi connectivity index (χ4v) is 5.28. The third-order valence-electron chi connectivity index (χ3n) is 5.73. The monoisotopic (exact) mass is 393 g/mol. The molecule has 5 rings (SSSR count). The van der Waals surface area contributed by atoms with E-state index < -0.39 is 11.3 Å². The second kappa shape index (κ2) is 5.83. The zero-order valence-corrected chi connectivity index (χ0v) is 16.3. The summed E-state index contributed by atoms with van der Waals surface area (Å²) in [4.78, 5) is 34.2. The highest BCUT2D eigenvalue weighted by Gasteiger charge is 2.70. The van der Waals surface area contributed by atoms with Gasteiger partial charge in [-0.1, -0.05) is 72.4 Å². The summed E-state index contributed by atoms with van der Waals surface area (Å²) >= 11 is 1.38. The van der Waals surface area contributed by atoms with Crippen molar-refractivity contribution < 1.29 is 9.59 Å². The molecule has 0 spiro atoms. The van der Waals surface area contributed by atoms with Gasteiger partial charge >= 0.3 is 6.03 Å². The highest BCUT2D eigenvalue weighted by Crippen LogP contribution is 2.55. The van der Waals surface area contributed by atoms with E-state index in [1.807, 2.05) is 60.7 Å². The van der Waals surface area contributed by atoms with Crippen LogP contribution in [-0.2, 0) is 16.1 Å². The lowest BCUT2D eigenvalue weighted by Gasteiger charge is -2.51. The summed E-state index contributed by atoms with van der Waals surface area (Å²) in [6, 6.07) is 19.3. The number of thioether (sulfide) groups is 1. The smallest absolute Gasteiger partial charge is 0.299 e. The molecule has 0 aliphatic carbocycles. The van der Waals surface area contributed by atoms with Crippen molar-refractivity contribution in [2.75, 3.05) is 19.8 Å². The Balaban J connectivity index is 1.89. The minimum atomic E-state index is -1.08. The van der Waals surface area contributed by atoms with Gasteiger partial charge in [0.25, 0.3) is 5.91 Å². The Morgan fingerprint density at radius 2 is 1.54 bits per heavy atom. The second-order valence-corrected chi connectivity index (χ2v) is 7.98. The average molecular weight is 393 g/mol. The average Bonchev–Trinajstić information content (AvgIpc) is 3.18. The summed E-state index contributed by atoms with van der Waals surface area (Å²) < 4.78 is 0. The van der Waals surface area contributed by atoms with Gasteiger partial charge in [0.1, 0.15) is 0 Å². The predicted molar refractivity (Wildman–Crippen MR) is 107 cm³/mol. The number of hydrogen-bond donors (Lipinski definition) is 1. The number of amidine groups is 1. The summed E-state index contributed by atoms with van der Waals surface area (Å²) in [5.74, 6) is 0.249. The van der Waals surface area contributed by atoms with Crippen LogP contribution in [0.3, 0.4) is 0 Å². The fourth-order valence-electron chi connectivity index (χ4n) is 4.42. The summed E-state index contributed by atoms with van der Waals surface area (Å²) in [7, 11) is 3.51. The minimum Gasteiger partial charge on any atom is -0.299 e. The zero-order valence-electron chi connectivity index (χ0n) is 15.5. The molecule has 2 atom stereocenters. The number of amides is 3. The van der Waals surface area contributed by atoms with Gasteiger partial charge in [-0.2, -0.15) is 5.43 Å². The molecule has 0 saturated carbocycles. The summed E-state index contributed by atoms with van der Waals surface area (Å²) in [6.45, 7) is 0. The van der Waals surface area contributed by atoms with Crippen LogP contribution in [0.5, 0.6) is 0 Å². The van der Waals surface area contributed by atoms with Gasteiger partial charge < -0.3 is 0 Å². The summed E-state index contributed by atoms with van der Waals surface area (Å²) in [5, 5.41) is 2.07. The number of likely N-dealkylation sites (N-methyl/N-ethyl adjacent to an activating group) is 2. The Kier molecular flexibility index (Phi) is 3.59. The molecule has 142 valence electrons. The molecular weight excluding hydrogens is 374 g/mol. The molecule has 28 heavy (non-hydrogen) atoms. The van der Waals surface area contributed by atoms with Crippen molar-refractivity contribution in [1.29, 1.82) is 0 Å². The van der Waals surface area contributed by atoms with E-state index in [4.69, 9.17) is 4.99 Å². The number of fused-ring (bicyclic) bond motifs is 2. The molecule has 8 heteroatoms. The van der Waals surface area contributed by atoms with Crippen LogP contribution in [0.4, 0.5) is 4.79 Å². The molecule has 0 unspecified atom stereocenters. The van der Waals surface area contributed by atoms with Crippen molar-refractivity contribution in [1.82, 2.24) is 20.2 Å². The molecule has 0 radical (unpaired) electrons. The molecule has 7 nitrogen and oxygen atoms in total. The molecule has 2 saturated heterocycles. The van der Waals surface area contributed by atoms with Crippen LogP contribution >= 0.6 is 11.8 Å². The largest absolute Gasteiger partial charge is 0.323 e. The first-order valence-electron chi connectivity index (χ1n) is 8.98. The number of carbonyl (C=O) groups excluding carboxylic acids is 2. The molecule has 2 aromatic carbocycles. The SMILES string of the molecule is CN1C(=O)N(C)[C@]2(c3ccccc3)NN3C(=O)CSC3=N[C@]12c1ccccc1. The van der Waals surface area contributed by atoms with Crippen molar-refractivity contribution in [3.05, 3.63) is 71.8 Å². The van der Waals surface area contributed by atoms with Crippen LogP contribution < -0.4 is 5.43 Å². The summed E-state index contributed by atoms with van der Waals surface area (Å²) in [5.41, 5.74) is 2.99. The Morgan fingerprint density at radius 1 is 0.929 bits per heavy atom. The van der Waals surface area contributed by atoms with E-state index in [0.717, 1.165) is 11.1 Å². The van der Waals surface area contributed by atoms with Crippen LogP contribution in [-0.4, -0.2) is 51.8 Å². The molecular formula is C20H19N5O2S. The minimum absolute atomic E-state index is 0.0730. The molecule has 3 aliphatic rings. The number of carbonyl (C=O) groups is 2. The van der Waals surface area contributed by atoms with Gasteiger partial charge in [0.15, 0.2) is 10.8 Å². The number of nitrogens with zero attached hydrogens (tertiary/aromatic N) is 4. The van der Waals surface area contributed by atoms with E-state index in [9.17, 15) is 9.59 Å². The summed E-state index contributed by atoms with van der Waals surface area (Å²) in [6.07, 6.45) is 0. The molecule has 1 N–H and O–H groups in total. The maximum Gasteiger partial charge on any atom is 0.323 e. The lowest BCUT2D eigenvalue weighted by Crippen LogP contribution is -2.71. The van der Waals surface area contributed by atoms with E-state index in [0.29, 0.717) is 10.9 Å². The van der Waals surface area contributed by atoms with Gasteiger partial charge in [0.05, 0.1) is 5.75 Å². The van der Waals surface area contributed by atoms with E-state index in [1.54, 1.807) is 23.9 Å². The lowest BCUT2D eigenvalue weighted by molar-refractivity contribution is -0.133. The van der Waals surface area contributed by atoms with Gasteiger partial charge in [-0.3, -0.25) is 14.6 Å². The lowest BCUT2D eigenvalue weighted by atomic mass is 9.80. The first kappa shape index (κ1) is 17.3. The van der Waals surface area contributed by atoms with Gasteiger partial charge in [-0.25, -0.2) is 14.8 Å². The number of benzene rings is 2. The number of aliphatic imine (C=N–C) groups is 1. The van der Waals surface area contributed by atoms with E-state index in [1.165, 1.54) is 16.8 Å². The Labute approximate surface area is 167 Å². The van der Waals surface area contributed by atoms with Gasteiger partial charge in [-0.15, -0.1) is 0 Å². The van der Waals surface area contributed by atoms with Crippen LogP contribution in [0.15, 0.2) is 65.7 Å². The number of hydrazine groups is 1. The van der Waals surface area contributed by atoms with Crippen LogP contribution in [0.25, 0.3) is 0 Å². The number of hydrogen-bond acceptors (Lipinski definition) is 5. The molecule has 0 bridgehead atoms.